The Labute approximate surface area is 109 Å². The van der Waals surface area contributed by atoms with Crippen molar-refractivity contribution in [2.24, 2.45) is 0 Å². The second-order valence-electron chi connectivity index (χ2n) is 4.35. The van der Waals surface area contributed by atoms with E-state index in [-0.39, 0.29) is 0 Å². The van der Waals surface area contributed by atoms with E-state index < -0.39 is 17.8 Å². The number of alkyl halides is 3. The SMILES string of the molecule is O=CC(c1ccc(C(F)(F)F)cc1)N1CCOCC1. The van der Waals surface area contributed by atoms with Crippen LogP contribution in [0.1, 0.15) is 17.2 Å². The summed E-state index contributed by atoms with van der Waals surface area (Å²) >= 11 is 0. The number of rotatable bonds is 3. The van der Waals surface area contributed by atoms with Gasteiger partial charge in [0.05, 0.1) is 24.8 Å². The fourth-order valence-electron chi connectivity index (χ4n) is 2.10. The van der Waals surface area contributed by atoms with E-state index in [0.29, 0.717) is 31.9 Å². The maximum absolute atomic E-state index is 12.5. The number of hydrogen-bond acceptors (Lipinski definition) is 3. The smallest absolute Gasteiger partial charge is 0.379 e. The molecule has 0 saturated carbocycles. The van der Waals surface area contributed by atoms with E-state index in [0.717, 1.165) is 18.4 Å². The minimum absolute atomic E-state index is 0.508. The van der Waals surface area contributed by atoms with Crippen LogP contribution in [0.4, 0.5) is 13.2 Å². The molecule has 1 saturated heterocycles. The highest BCUT2D eigenvalue weighted by Crippen LogP contribution is 2.30. The Morgan fingerprint density at radius 2 is 1.74 bits per heavy atom. The highest BCUT2D eigenvalue weighted by Gasteiger charge is 2.30. The van der Waals surface area contributed by atoms with Crippen molar-refractivity contribution in [3.8, 4) is 0 Å². The van der Waals surface area contributed by atoms with E-state index in [2.05, 4.69) is 0 Å². The molecule has 3 nitrogen and oxygen atoms in total. The first kappa shape index (κ1) is 14.0. The Kier molecular flexibility index (Phi) is 4.21. The van der Waals surface area contributed by atoms with Gasteiger partial charge < -0.3 is 9.53 Å². The van der Waals surface area contributed by atoms with E-state index in [1.165, 1.54) is 12.1 Å². The van der Waals surface area contributed by atoms with Crippen molar-refractivity contribution in [1.29, 1.82) is 0 Å². The van der Waals surface area contributed by atoms with E-state index in [1.807, 2.05) is 4.90 Å². The topological polar surface area (TPSA) is 29.5 Å². The zero-order chi connectivity index (χ0) is 13.9. The molecule has 0 radical (unpaired) electrons. The number of hydrogen-bond donors (Lipinski definition) is 0. The van der Waals surface area contributed by atoms with E-state index in [4.69, 9.17) is 4.74 Å². The van der Waals surface area contributed by atoms with E-state index >= 15 is 0 Å². The lowest BCUT2D eigenvalue weighted by Gasteiger charge is -2.31. The van der Waals surface area contributed by atoms with Gasteiger partial charge in [-0.1, -0.05) is 12.1 Å². The molecular weight excluding hydrogens is 259 g/mol. The Balaban J connectivity index is 2.16. The lowest BCUT2D eigenvalue weighted by molar-refractivity contribution is -0.137. The molecule has 0 amide bonds. The van der Waals surface area contributed by atoms with E-state index in [9.17, 15) is 18.0 Å². The summed E-state index contributed by atoms with van der Waals surface area (Å²) in [6.45, 7) is 2.27. The van der Waals surface area contributed by atoms with Gasteiger partial charge in [0.1, 0.15) is 6.29 Å². The zero-order valence-corrected chi connectivity index (χ0v) is 10.2. The summed E-state index contributed by atoms with van der Waals surface area (Å²) in [5.74, 6) is 0. The fraction of sp³-hybridized carbons (Fsp3) is 0.462. The van der Waals surface area contributed by atoms with E-state index in [1.54, 1.807) is 0 Å². The first-order valence-corrected chi connectivity index (χ1v) is 5.96. The van der Waals surface area contributed by atoms with Crippen LogP contribution in [0.25, 0.3) is 0 Å². The molecule has 1 aromatic rings. The van der Waals surface area contributed by atoms with Crippen LogP contribution in [0.3, 0.4) is 0 Å². The van der Waals surface area contributed by atoms with Crippen LogP contribution >= 0.6 is 0 Å². The number of morpholine rings is 1. The van der Waals surface area contributed by atoms with Crippen molar-refractivity contribution in [1.82, 2.24) is 4.90 Å². The fourth-order valence-corrected chi connectivity index (χ4v) is 2.10. The highest BCUT2D eigenvalue weighted by molar-refractivity contribution is 5.61. The van der Waals surface area contributed by atoms with Crippen molar-refractivity contribution in [2.75, 3.05) is 26.3 Å². The summed E-state index contributed by atoms with van der Waals surface area (Å²) in [5.41, 5.74) is -0.132. The number of carbonyl (C=O) groups excluding carboxylic acids is 1. The van der Waals surface area contributed by atoms with Crippen LogP contribution in [0.2, 0.25) is 0 Å². The summed E-state index contributed by atoms with van der Waals surface area (Å²) in [4.78, 5) is 13.1. The Morgan fingerprint density at radius 1 is 1.16 bits per heavy atom. The van der Waals surface area contributed by atoms with Crippen molar-refractivity contribution in [2.45, 2.75) is 12.2 Å². The van der Waals surface area contributed by atoms with Gasteiger partial charge in [-0.05, 0) is 17.7 Å². The lowest BCUT2D eigenvalue weighted by atomic mass is 10.0. The molecule has 1 heterocycles. The molecule has 1 aliphatic rings. The third-order valence-electron chi connectivity index (χ3n) is 3.15. The second-order valence-corrected chi connectivity index (χ2v) is 4.35. The number of carbonyl (C=O) groups is 1. The molecule has 1 fully saturated rings. The van der Waals surface area contributed by atoms with Crippen LogP contribution in [-0.2, 0) is 15.7 Å². The van der Waals surface area contributed by atoms with Gasteiger partial charge in [0.15, 0.2) is 0 Å². The van der Waals surface area contributed by atoms with Crippen LogP contribution in [-0.4, -0.2) is 37.5 Å². The quantitative estimate of drug-likeness (QED) is 0.791. The molecule has 1 aliphatic heterocycles. The lowest BCUT2D eigenvalue weighted by Crippen LogP contribution is -2.39. The molecule has 1 unspecified atom stereocenters. The molecule has 6 heteroatoms. The molecule has 104 valence electrons. The predicted octanol–water partition coefficient (Wildman–Crippen LogP) is 2.28. The predicted molar refractivity (Wildman–Crippen MR) is 62.6 cm³/mol. The summed E-state index contributed by atoms with van der Waals surface area (Å²) < 4.78 is 42.6. The Bertz CT molecular complexity index is 425. The summed E-state index contributed by atoms with van der Waals surface area (Å²) in [5, 5.41) is 0. The van der Waals surface area contributed by atoms with Gasteiger partial charge in [0.2, 0.25) is 0 Å². The van der Waals surface area contributed by atoms with Gasteiger partial charge in [-0.3, -0.25) is 4.90 Å². The minimum atomic E-state index is -4.35. The van der Waals surface area contributed by atoms with Gasteiger partial charge in [-0.15, -0.1) is 0 Å². The average molecular weight is 273 g/mol. The maximum Gasteiger partial charge on any atom is 0.416 e. The third-order valence-corrected chi connectivity index (χ3v) is 3.15. The number of halogens is 3. The first-order chi connectivity index (χ1) is 9.02. The number of benzene rings is 1. The number of aldehydes is 1. The molecule has 2 rings (SSSR count). The maximum atomic E-state index is 12.5. The van der Waals surface area contributed by atoms with Crippen molar-refractivity contribution in [3.05, 3.63) is 35.4 Å². The standard InChI is InChI=1S/C13H14F3NO2/c14-13(15,16)11-3-1-10(2-4-11)12(9-18)17-5-7-19-8-6-17/h1-4,9,12H,5-8H2. The van der Waals surface area contributed by atoms with Crippen molar-refractivity contribution in [3.63, 3.8) is 0 Å². The molecule has 19 heavy (non-hydrogen) atoms. The molecule has 1 atom stereocenters. The average Bonchev–Trinajstić information content (AvgIpc) is 2.40. The molecular formula is C13H14F3NO2. The third kappa shape index (κ3) is 3.33. The molecule has 0 aliphatic carbocycles. The van der Waals surface area contributed by atoms with Crippen LogP contribution < -0.4 is 0 Å². The number of nitrogens with zero attached hydrogens (tertiary/aromatic N) is 1. The Hall–Kier alpha value is -1.40. The van der Waals surface area contributed by atoms with Crippen molar-refractivity contribution < 1.29 is 22.7 Å². The summed E-state index contributed by atoms with van der Waals surface area (Å²) in [6, 6.07) is 4.22. The number of ether oxygens (including phenoxy) is 1. The normalized spacial score (nSPS) is 19.1. The van der Waals surface area contributed by atoms with Crippen LogP contribution in [0, 0.1) is 0 Å². The zero-order valence-electron chi connectivity index (χ0n) is 10.2. The minimum Gasteiger partial charge on any atom is -0.379 e. The summed E-state index contributed by atoms with van der Waals surface area (Å²) in [6.07, 6.45) is -3.60. The van der Waals surface area contributed by atoms with Crippen molar-refractivity contribution >= 4 is 6.29 Å². The van der Waals surface area contributed by atoms with Crippen LogP contribution in [0.15, 0.2) is 24.3 Å². The summed E-state index contributed by atoms with van der Waals surface area (Å²) in [7, 11) is 0. The second kappa shape index (κ2) is 5.71. The molecule has 0 bridgehead atoms. The first-order valence-electron chi connectivity index (χ1n) is 5.96. The van der Waals surface area contributed by atoms with Gasteiger partial charge in [0, 0.05) is 13.1 Å². The molecule has 0 spiro atoms. The van der Waals surface area contributed by atoms with Gasteiger partial charge in [-0.2, -0.15) is 13.2 Å². The Morgan fingerprint density at radius 3 is 2.21 bits per heavy atom. The monoisotopic (exact) mass is 273 g/mol. The van der Waals surface area contributed by atoms with Gasteiger partial charge in [-0.25, -0.2) is 0 Å². The largest absolute Gasteiger partial charge is 0.416 e. The molecule has 1 aromatic carbocycles. The van der Waals surface area contributed by atoms with Gasteiger partial charge in [0.25, 0.3) is 0 Å². The molecule has 0 aromatic heterocycles. The molecule has 0 N–H and O–H groups in total. The highest BCUT2D eigenvalue weighted by atomic mass is 19.4. The van der Waals surface area contributed by atoms with Crippen LogP contribution in [0.5, 0.6) is 0 Å². The van der Waals surface area contributed by atoms with Gasteiger partial charge >= 0.3 is 6.18 Å².